The van der Waals surface area contributed by atoms with Crippen molar-refractivity contribution in [3.8, 4) is 0 Å². The molecule has 4 nitrogen and oxygen atoms in total. The van der Waals surface area contributed by atoms with E-state index in [4.69, 9.17) is 28.9 Å². The van der Waals surface area contributed by atoms with Crippen LogP contribution in [0.3, 0.4) is 0 Å². The van der Waals surface area contributed by atoms with E-state index < -0.39 is 22.6 Å². The molecule has 146 valence electrons. The Kier molecular flexibility index (Phi) is 9.31. The molecular formula is C16H13Cl2F3N2O2S2. The van der Waals surface area contributed by atoms with Gasteiger partial charge in [-0.15, -0.1) is 0 Å². The number of alkyl halides is 3. The molecule has 0 aliphatic carbocycles. The van der Waals surface area contributed by atoms with Crippen molar-refractivity contribution in [3.05, 3.63) is 58.6 Å². The molecule has 1 unspecified atom stereocenters. The minimum Gasteiger partial charge on any atom is -0.366 e. The molecule has 0 heterocycles. The number of halogens is 5. The number of carbonyl (C=O) groups excluding carboxylic acids is 2. The lowest BCUT2D eigenvalue weighted by Gasteiger charge is -2.10. The molecule has 0 aromatic heterocycles. The quantitative estimate of drug-likeness (QED) is 0.615. The molecule has 4 N–H and O–H groups in total. The lowest BCUT2D eigenvalue weighted by Crippen LogP contribution is -2.31. The highest BCUT2D eigenvalue weighted by Gasteiger charge is 2.37. The highest BCUT2D eigenvalue weighted by atomic mass is 35.5. The Balaban J connectivity index is 0.000000271. The Morgan fingerprint density at radius 3 is 1.67 bits per heavy atom. The van der Waals surface area contributed by atoms with Gasteiger partial charge >= 0.3 is 5.25 Å². The number of amides is 2. The molecule has 2 rings (SSSR count). The van der Waals surface area contributed by atoms with Gasteiger partial charge in [0, 0.05) is 19.8 Å². The summed E-state index contributed by atoms with van der Waals surface area (Å²) in [6, 6.07) is 12.2. The summed E-state index contributed by atoms with van der Waals surface area (Å²) in [5.74, 6) is -2.63. The van der Waals surface area contributed by atoms with E-state index in [-0.39, 0.29) is 16.7 Å². The number of carbonyl (C=O) groups is 2. The fourth-order valence-corrected chi connectivity index (χ4v) is 2.96. The molecule has 0 radical (unpaired) electrons. The number of primary amides is 2. The summed E-state index contributed by atoms with van der Waals surface area (Å²) < 4.78 is 38.3. The molecule has 0 spiro atoms. The van der Waals surface area contributed by atoms with Crippen LogP contribution in [-0.2, 0) is 9.59 Å². The van der Waals surface area contributed by atoms with Crippen LogP contribution in [0.1, 0.15) is 0 Å². The summed E-state index contributed by atoms with van der Waals surface area (Å²) in [6.45, 7) is 0. The third-order valence-electron chi connectivity index (χ3n) is 2.62. The zero-order valence-electron chi connectivity index (χ0n) is 13.4. The third-order valence-corrected chi connectivity index (χ3v) is 5.08. The van der Waals surface area contributed by atoms with Gasteiger partial charge in [0.15, 0.2) is 0 Å². The number of hydrogen-bond donors (Lipinski definition) is 2. The normalized spacial score (nSPS) is 11.9. The van der Waals surface area contributed by atoms with Crippen molar-refractivity contribution in [2.24, 2.45) is 11.5 Å². The molecule has 11 heteroatoms. The van der Waals surface area contributed by atoms with Gasteiger partial charge in [0.2, 0.25) is 5.50 Å². The Hall–Kier alpha value is -1.55. The highest BCUT2D eigenvalue weighted by Crippen LogP contribution is 2.35. The number of hydrogen-bond acceptors (Lipinski definition) is 4. The van der Waals surface area contributed by atoms with Gasteiger partial charge in [0.1, 0.15) is 0 Å². The van der Waals surface area contributed by atoms with Crippen molar-refractivity contribution >= 4 is 58.5 Å². The van der Waals surface area contributed by atoms with Crippen LogP contribution in [0, 0.1) is 0 Å². The smallest absolute Gasteiger partial charge is 0.366 e. The second-order valence-corrected chi connectivity index (χ2v) is 7.91. The van der Waals surface area contributed by atoms with Gasteiger partial charge in [-0.05, 0) is 60.3 Å². The molecule has 2 aromatic rings. The maximum Gasteiger partial charge on any atom is 0.374 e. The first-order valence-electron chi connectivity index (χ1n) is 6.99. The van der Waals surface area contributed by atoms with Crippen LogP contribution in [-0.4, -0.2) is 22.6 Å². The van der Waals surface area contributed by atoms with Gasteiger partial charge in [-0.3, -0.25) is 9.59 Å². The van der Waals surface area contributed by atoms with Gasteiger partial charge < -0.3 is 11.5 Å². The first-order valence-corrected chi connectivity index (χ1v) is 9.44. The van der Waals surface area contributed by atoms with Gasteiger partial charge in [0.05, 0.1) is 0 Å². The summed E-state index contributed by atoms with van der Waals surface area (Å²) in [4.78, 5) is 21.5. The van der Waals surface area contributed by atoms with Gasteiger partial charge in [-0.25, -0.2) is 4.39 Å². The minimum absolute atomic E-state index is 0.0962. The molecule has 0 saturated heterocycles. The van der Waals surface area contributed by atoms with Gasteiger partial charge in [-0.1, -0.05) is 35.0 Å². The second kappa shape index (κ2) is 10.7. The number of rotatable bonds is 6. The minimum atomic E-state index is -3.59. The maximum absolute atomic E-state index is 12.8. The Bertz CT molecular complexity index is 778. The average molecular weight is 457 g/mol. The zero-order chi connectivity index (χ0) is 20.6. The lowest BCUT2D eigenvalue weighted by molar-refractivity contribution is -0.131. The molecule has 0 saturated carbocycles. The molecule has 0 aliphatic rings. The van der Waals surface area contributed by atoms with Crippen molar-refractivity contribution in [2.45, 2.75) is 20.5 Å². The van der Waals surface area contributed by atoms with E-state index in [1.54, 1.807) is 24.3 Å². The average Bonchev–Trinajstić information content (AvgIpc) is 2.59. The Morgan fingerprint density at radius 2 is 1.30 bits per heavy atom. The molecular weight excluding hydrogens is 444 g/mol. The van der Waals surface area contributed by atoms with Crippen LogP contribution < -0.4 is 11.5 Å². The van der Waals surface area contributed by atoms with Gasteiger partial charge in [0.25, 0.3) is 11.8 Å². The first-order chi connectivity index (χ1) is 12.5. The molecule has 0 aliphatic heterocycles. The fourth-order valence-electron chi connectivity index (χ4n) is 1.39. The number of thioether (sulfide) groups is 2. The number of nitrogens with two attached hydrogens (primary N) is 2. The zero-order valence-corrected chi connectivity index (χ0v) is 16.5. The van der Waals surface area contributed by atoms with Crippen molar-refractivity contribution in [2.75, 3.05) is 0 Å². The molecule has 0 bridgehead atoms. The van der Waals surface area contributed by atoms with Crippen molar-refractivity contribution in [1.29, 1.82) is 0 Å². The van der Waals surface area contributed by atoms with Crippen LogP contribution in [0.4, 0.5) is 13.2 Å². The largest absolute Gasteiger partial charge is 0.374 e. The van der Waals surface area contributed by atoms with E-state index in [1.165, 1.54) is 24.3 Å². The summed E-state index contributed by atoms with van der Waals surface area (Å²) in [6.07, 6.45) is 0. The summed E-state index contributed by atoms with van der Waals surface area (Å²) in [7, 11) is 0. The van der Waals surface area contributed by atoms with Crippen molar-refractivity contribution in [1.82, 2.24) is 0 Å². The van der Waals surface area contributed by atoms with Crippen LogP contribution in [0.15, 0.2) is 58.3 Å². The van der Waals surface area contributed by atoms with E-state index in [0.29, 0.717) is 14.9 Å². The fraction of sp³-hybridized carbons (Fsp3) is 0.125. The molecule has 2 aromatic carbocycles. The van der Waals surface area contributed by atoms with E-state index >= 15 is 0 Å². The van der Waals surface area contributed by atoms with E-state index in [0.717, 1.165) is 11.8 Å². The number of benzene rings is 2. The highest BCUT2D eigenvalue weighted by molar-refractivity contribution is 8.01. The van der Waals surface area contributed by atoms with Gasteiger partial charge in [-0.2, -0.15) is 8.78 Å². The Labute approximate surface area is 171 Å². The molecule has 2 amide bonds. The third kappa shape index (κ3) is 8.79. The van der Waals surface area contributed by atoms with Crippen molar-refractivity contribution < 1.29 is 22.8 Å². The summed E-state index contributed by atoms with van der Waals surface area (Å²) >= 11 is 12.0. The SMILES string of the molecule is NC(=O)C(F)(F)Sc1ccc(Cl)cc1.NC(=O)C(F)Sc1ccc(Cl)cc1. The predicted octanol–water partition coefficient (Wildman–Crippen LogP) is 4.72. The van der Waals surface area contributed by atoms with Crippen LogP contribution in [0.25, 0.3) is 0 Å². The first kappa shape index (κ1) is 23.5. The monoisotopic (exact) mass is 456 g/mol. The topological polar surface area (TPSA) is 86.2 Å². The standard InChI is InChI=1S/C8H6ClF2NOS.C8H7ClFNOS/c9-5-1-3-6(4-2-5)14-8(10,11)7(12)13;9-5-1-3-6(4-2-5)13-7(10)8(11)12/h1-4H,(H2,12,13);1-4,7H,(H2,11,12). The van der Waals surface area contributed by atoms with E-state index in [1.807, 2.05) is 0 Å². The van der Waals surface area contributed by atoms with Crippen LogP contribution >= 0.6 is 46.7 Å². The summed E-state index contributed by atoms with van der Waals surface area (Å²) in [5, 5.41) is -2.58. The van der Waals surface area contributed by atoms with Crippen LogP contribution in [0.5, 0.6) is 0 Å². The Morgan fingerprint density at radius 1 is 0.889 bits per heavy atom. The van der Waals surface area contributed by atoms with E-state index in [2.05, 4.69) is 5.73 Å². The lowest BCUT2D eigenvalue weighted by atomic mass is 10.4. The maximum atomic E-state index is 12.8. The molecule has 0 fully saturated rings. The second-order valence-electron chi connectivity index (χ2n) is 4.73. The van der Waals surface area contributed by atoms with Crippen molar-refractivity contribution in [3.63, 3.8) is 0 Å². The van der Waals surface area contributed by atoms with Crippen LogP contribution in [0.2, 0.25) is 10.0 Å². The molecule has 1 atom stereocenters. The molecule has 27 heavy (non-hydrogen) atoms. The predicted molar refractivity (Wildman–Crippen MR) is 103 cm³/mol. The van der Waals surface area contributed by atoms with E-state index in [9.17, 15) is 22.8 Å². The summed E-state index contributed by atoms with van der Waals surface area (Å²) in [5.41, 5.74) is 7.56.